The maximum atomic E-state index is 5.43. The summed E-state index contributed by atoms with van der Waals surface area (Å²) in [6.07, 6.45) is 5.15. The van der Waals surface area contributed by atoms with E-state index in [-0.39, 0.29) is 0 Å². The Morgan fingerprint density at radius 1 is 1.25 bits per heavy atom. The molecule has 1 aliphatic carbocycles. The van der Waals surface area contributed by atoms with Crippen LogP contribution in [0.4, 0.5) is 0 Å². The van der Waals surface area contributed by atoms with Gasteiger partial charge in [-0.2, -0.15) is 0 Å². The molecule has 1 N–H and O–H groups in total. The molecule has 3 heteroatoms. The monoisotopic (exact) mass is 229 g/mol. The molecule has 1 fully saturated rings. The molecule has 0 aliphatic heterocycles. The Hall–Kier alpha value is -0.120. The van der Waals surface area contributed by atoms with E-state index in [0.29, 0.717) is 24.7 Å². The number of ether oxygens (including phenoxy) is 2. The highest BCUT2D eigenvalue weighted by Crippen LogP contribution is 2.36. The molecular formula is C13H27NO2. The molecule has 0 saturated heterocycles. The molecule has 3 nitrogen and oxygen atoms in total. The van der Waals surface area contributed by atoms with Gasteiger partial charge in [-0.15, -0.1) is 0 Å². The Balaban J connectivity index is 1.95. The van der Waals surface area contributed by atoms with Crippen molar-refractivity contribution in [3.63, 3.8) is 0 Å². The number of hydrogen-bond acceptors (Lipinski definition) is 3. The van der Waals surface area contributed by atoms with Gasteiger partial charge in [-0.3, -0.25) is 0 Å². The lowest BCUT2D eigenvalue weighted by molar-refractivity contribution is 0.0688. The van der Waals surface area contributed by atoms with Gasteiger partial charge in [0.2, 0.25) is 0 Å². The van der Waals surface area contributed by atoms with E-state index in [1.807, 2.05) is 0 Å². The van der Waals surface area contributed by atoms with Crippen LogP contribution in [-0.4, -0.2) is 39.5 Å². The second kappa shape index (κ2) is 7.25. The SMILES string of the molecule is COCCOCCCNC1CCCC1(C)C. The van der Waals surface area contributed by atoms with E-state index < -0.39 is 0 Å². The molecule has 0 heterocycles. The van der Waals surface area contributed by atoms with Crippen LogP contribution >= 0.6 is 0 Å². The number of nitrogens with one attached hydrogen (secondary N) is 1. The Labute approximate surface area is 99.9 Å². The molecular weight excluding hydrogens is 202 g/mol. The molecule has 0 aromatic rings. The fourth-order valence-corrected chi connectivity index (χ4v) is 2.40. The highest BCUT2D eigenvalue weighted by Gasteiger charge is 2.33. The maximum Gasteiger partial charge on any atom is 0.0700 e. The lowest BCUT2D eigenvalue weighted by atomic mass is 9.87. The van der Waals surface area contributed by atoms with Gasteiger partial charge in [0.15, 0.2) is 0 Å². The third kappa shape index (κ3) is 4.81. The molecule has 0 aromatic heterocycles. The van der Waals surface area contributed by atoms with Crippen molar-refractivity contribution in [2.24, 2.45) is 5.41 Å². The highest BCUT2D eigenvalue weighted by atomic mass is 16.5. The summed E-state index contributed by atoms with van der Waals surface area (Å²) in [6, 6.07) is 0.700. The van der Waals surface area contributed by atoms with Gasteiger partial charge in [-0.1, -0.05) is 20.3 Å². The first-order valence-electron chi connectivity index (χ1n) is 6.47. The second-order valence-corrected chi connectivity index (χ2v) is 5.35. The normalized spacial score (nSPS) is 23.8. The van der Waals surface area contributed by atoms with Crippen molar-refractivity contribution in [1.82, 2.24) is 5.32 Å². The zero-order chi connectivity index (χ0) is 11.9. The fourth-order valence-electron chi connectivity index (χ4n) is 2.40. The highest BCUT2D eigenvalue weighted by molar-refractivity contribution is 4.89. The molecule has 1 saturated carbocycles. The summed E-state index contributed by atoms with van der Waals surface area (Å²) in [4.78, 5) is 0. The minimum absolute atomic E-state index is 0.483. The average Bonchev–Trinajstić information content (AvgIpc) is 2.57. The van der Waals surface area contributed by atoms with Crippen molar-refractivity contribution in [3.8, 4) is 0 Å². The summed E-state index contributed by atoms with van der Waals surface area (Å²) >= 11 is 0. The van der Waals surface area contributed by atoms with Crippen LogP contribution < -0.4 is 5.32 Å². The predicted octanol–water partition coefficient (Wildman–Crippen LogP) is 2.21. The average molecular weight is 229 g/mol. The largest absolute Gasteiger partial charge is 0.382 e. The quantitative estimate of drug-likeness (QED) is 0.647. The van der Waals surface area contributed by atoms with E-state index in [1.165, 1.54) is 19.3 Å². The van der Waals surface area contributed by atoms with E-state index in [9.17, 15) is 0 Å². The molecule has 0 bridgehead atoms. The van der Waals surface area contributed by atoms with Crippen LogP contribution in [0.5, 0.6) is 0 Å². The smallest absolute Gasteiger partial charge is 0.0700 e. The molecule has 0 spiro atoms. The lowest BCUT2D eigenvalue weighted by Gasteiger charge is -2.27. The summed E-state index contributed by atoms with van der Waals surface area (Å²) in [6.45, 7) is 8.05. The first-order chi connectivity index (χ1) is 7.67. The third-order valence-corrected chi connectivity index (χ3v) is 3.55. The van der Waals surface area contributed by atoms with Crippen LogP contribution in [0.15, 0.2) is 0 Å². The Bertz CT molecular complexity index is 183. The van der Waals surface area contributed by atoms with E-state index in [4.69, 9.17) is 9.47 Å². The van der Waals surface area contributed by atoms with Gasteiger partial charge >= 0.3 is 0 Å². The molecule has 16 heavy (non-hydrogen) atoms. The second-order valence-electron chi connectivity index (χ2n) is 5.35. The first-order valence-corrected chi connectivity index (χ1v) is 6.47. The lowest BCUT2D eigenvalue weighted by Crippen LogP contribution is -2.38. The van der Waals surface area contributed by atoms with E-state index in [2.05, 4.69) is 19.2 Å². The summed E-state index contributed by atoms with van der Waals surface area (Å²) in [5, 5.41) is 3.65. The number of methoxy groups -OCH3 is 1. The number of hydrogen-bond donors (Lipinski definition) is 1. The zero-order valence-electron chi connectivity index (χ0n) is 11.1. The minimum Gasteiger partial charge on any atom is -0.382 e. The van der Waals surface area contributed by atoms with Crippen molar-refractivity contribution in [3.05, 3.63) is 0 Å². The first kappa shape index (κ1) is 13.9. The van der Waals surface area contributed by atoms with Crippen molar-refractivity contribution in [2.75, 3.05) is 33.5 Å². The molecule has 96 valence electrons. The summed E-state index contributed by atoms with van der Waals surface area (Å²) < 4.78 is 10.3. The summed E-state index contributed by atoms with van der Waals surface area (Å²) in [5.41, 5.74) is 0.483. The Kier molecular flexibility index (Phi) is 6.32. The van der Waals surface area contributed by atoms with Crippen LogP contribution in [0.3, 0.4) is 0 Å². The fraction of sp³-hybridized carbons (Fsp3) is 1.00. The molecule has 0 radical (unpaired) electrons. The van der Waals surface area contributed by atoms with Gasteiger partial charge < -0.3 is 14.8 Å². The van der Waals surface area contributed by atoms with Crippen LogP contribution in [0, 0.1) is 5.41 Å². The summed E-state index contributed by atoms with van der Waals surface area (Å²) in [7, 11) is 1.70. The third-order valence-electron chi connectivity index (χ3n) is 3.55. The van der Waals surface area contributed by atoms with Gasteiger partial charge in [0.25, 0.3) is 0 Å². The number of rotatable bonds is 8. The molecule has 1 unspecified atom stereocenters. The van der Waals surface area contributed by atoms with E-state index >= 15 is 0 Å². The molecule has 0 aromatic carbocycles. The molecule has 1 aliphatic rings. The predicted molar refractivity (Wildman–Crippen MR) is 66.7 cm³/mol. The van der Waals surface area contributed by atoms with Crippen LogP contribution in [0.2, 0.25) is 0 Å². The van der Waals surface area contributed by atoms with Gasteiger partial charge in [0.05, 0.1) is 13.2 Å². The summed E-state index contributed by atoms with van der Waals surface area (Å²) in [5.74, 6) is 0. The van der Waals surface area contributed by atoms with Crippen LogP contribution in [0.1, 0.15) is 39.5 Å². The maximum absolute atomic E-state index is 5.43. The minimum atomic E-state index is 0.483. The standard InChI is InChI=1S/C13H27NO2/c1-13(2)7-4-6-12(13)14-8-5-9-16-11-10-15-3/h12,14H,4-11H2,1-3H3. The molecule has 0 amide bonds. The zero-order valence-corrected chi connectivity index (χ0v) is 11.1. The van der Waals surface area contributed by atoms with Crippen molar-refractivity contribution in [1.29, 1.82) is 0 Å². The molecule has 1 rings (SSSR count). The van der Waals surface area contributed by atoms with Crippen molar-refractivity contribution < 1.29 is 9.47 Å². The Morgan fingerprint density at radius 2 is 2.06 bits per heavy atom. The van der Waals surface area contributed by atoms with E-state index in [0.717, 1.165) is 19.6 Å². The van der Waals surface area contributed by atoms with Gasteiger partial charge in [0.1, 0.15) is 0 Å². The van der Waals surface area contributed by atoms with Gasteiger partial charge in [-0.25, -0.2) is 0 Å². The molecule has 1 atom stereocenters. The van der Waals surface area contributed by atoms with Crippen molar-refractivity contribution in [2.45, 2.75) is 45.6 Å². The van der Waals surface area contributed by atoms with Gasteiger partial charge in [-0.05, 0) is 31.2 Å². The van der Waals surface area contributed by atoms with Crippen molar-refractivity contribution >= 4 is 0 Å². The Morgan fingerprint density at radius 3 is 2.69 bits per heavy atom. The van der Waals surface area contributed by atoms with E-state index in [1.54, 1.807) is 7.11 Å². The van der Waals surface area contributed by atoms with Gasteiger partial charge in [0, 0.05) is 19.8 Å². The topological polar surface area (TPSA) is 30.5 Å². The van der Waals surface area contributed by atoms with Crippen LogP contribution in [-0.2, 0) is 9.47 Å². The van der Waals surface area contributed by atoms with Crippen LogP contribution in [0.25, 0.3) is 0 Å².